The summed E-state index contributed by atoms with van der Waals surface area (Å²) in [4.78, 5) is 20.1. The SMILES string of the molecule is CC(C)(C(=O)NOCc1ccccc1)N1CCc2ccccc21. The molecule has 2 aromatic rings. The molecule has 0 saturated carbocycles. The molecule has 1 amide bonds. The Morgan fingerprint density at radius 1 is 1.13 bits per heavy atom. The lowest BCUT2D eigenvalue weighted by Gasteiger charge is -2.36. The largest absolute Gasteiger partial charge is 0.357 e. The third kappa shape index (κ3) is 3.22. The Balaban J connectivity index is 1.62. The Morgan fingerprint density at radius 3 is 2.61 bits per heavy atom. The van der Waals surface area contributed by atoms with Crippen LogP contribution >= 0.6 is 0 Å². The fourth-order valence-electron chi connectivity index (χ4n) is 2.93. The summed E-state index contributed by atoms with van der Waals surface area (Å²) in [6.45, 7) is 5.06. The molecule has 23 heavy (non-hydrogen) atoms. The molecule has 1 aliphatic heterocycles. The molecule has 0 aromatic heterocycles. The van der Waals surface area contributed by atoms with Gasteiger partial charge in [-0.1, -0.05) is 48.5 Å². The predicted octanol–water partition coefficient (Wildman–Crippen LogP) is 3.08. The number of nitrogens with one attached hydrogen (secondary N) is 1. The molecular weight excluding hydrogens is 288 g/mol. The Bertz CT molecular complexity index is 683. The highest BCUT2D eigenvalue weighted by Crippen LogP contribution is 2.33. The number of hydrogen-bond acceptors (Lipinski definition) is 3. The van der Waals surface area contributed by atoms with Gasteiger partial charge in [0.05, 0.1) is 6.61 Å². The second-order valence-corrected chi connectivity index (χ2v) is 6.29. The number of nitrogens with zero attached hydrogens (tertiary/aromatic N) is 1. The third-order valence-corrected chi connectivity index (χ3v) is 4.36. The van der Waals surface area contributed by atoms with Crippen LogP contribution in [0.4, 0.5) is 5.69 Å². The van der Waals surface area contributed by atoms with Crippen molar-refractivity contribution in [1.82, 2.24) is 5.48 Å². The maximum atomic E-state index is 12.6. The molecule has 3 rings (SSSR count). The fraction of sp³-hybridized carbons (Fsp3) is 0.316. The number of fused-ring (bicyclic) bond motifs is 1. The maximum absolute atomic E-state index is 12.6. The molecule has 4 heteroatoms. The van der Waals surface area contributed by atoms with E-state index in [1.54, 1.807) is 0 Å². The molecule has 2 aromatic carbocycles. The molecule has 120 valence electrons. The van der Waals surface area contributed by atoms with Crippen molar-refractivity contribution in [3.8, 4) is 0 Å². The van der Waals surface area contributed by atoms with Gasteiger partial charge in [-0.25, -0.2) is 5.48 Å². The molecule has 0 radical (unpaired) electrons. The van der Waals surface area contributed by atoms with Gasteiger partial charge in [0, 0.05) is 12.2 Å². The van der Waals surface area contributed by atoms with E-state index in [1.807, 2.05) is 56.3 Å². The van der Waals surface area contributed by atoms with Gasteiger partial charge in [0.25, 0.3) is 5.91 Å². The van der Waals surface area contributed by atoms with Crippen molar-refractivity contribution in [3.05, 3.63) is 65.7 Å². The van der Waals surface area contributed by atoms with Crippen molar-refractivity contribution in [1.29, 1.82) is 0 Å². The number of benzene rings is 2. The Kier molecular flexibility index (Phi) is 4.35. The van der Waals surface area contributed by atoms with Crippen LogP contribution in [0.2, 0.25) is 0 Å². The molecule has 4 nitrogen and oxygen atoms in total. The number of amides is 1. The van der Waals surface area contributed by atoms with Gasteiger partial charge in [-0.2, -0.15) is 0 Å². The van der Waals surface area contributed by atoms with Crippen LogP contribution in [0.15, 0.2) is 54.6 Å². The number of para-hydroxylation sites is 1. The van der Waals surface area contributed by atoms with E-state index in [-0.39, 0.29) is 5.91 Å². The number of rotatable bonds is 5. The minimum absolute atomic E-state index is 0.134. The fourth-order valence-corrected chi connectivity index (χ4v) is 2.93. The van der Waals surface area contributed by atoms with Gasteiger partial charge in [0.2, 0.25) is 0 Å². The molecule has 0 atom stereocenters. The van der Waals surface area contributed by atoms with Gasteiger partial charge in [-0.05, 0) is 37.5 Å². The summed E-state index contributed by atoms with van der Waals surface area (Å²) >= 11 is 0. The first kappa shape index (κ1) is 15.6. The topological polar surface area (TPSA) is 41.6 Å². The van der Waals surface area contributed by atoms with Crippen LogP contribution in [0.3, 0.4) is 0 Å². The van der Waals surface area contributed by atoms with Gasteiger partial charge in [0.1, 0.15) is 5.54 Å². The van der Waals surface area contributed by atoms with Crippen molar-refractivity contribution in [3.63, 3.8) is 0 Å². The van der Waals surface area contributed by atoms with Crippen LogP contribution in [0.5, 0.6) is 0 Å². The van der Waals surface area contributed by atoms with E-state index >= 15 is 0 Å². The summed E-state index contributed by atoms with van der Waals surface area (Å²) in [5, 5.41) is 0. The number of hydrogen-bond donors (Lipinski definition) is 1. The predicted molar refractivity (Wildman–Crippen MR) is 90.9 cm³/mol. The lowest BCUT2D eigenvalue weighted by Crippen LogP contribution is -2.54. The quantitative estimate of drug-likeness (QED) is 0.863. The normalized spacial score (nSPS) is 13.7. The van der Waals surface area contributed by atoms with Gasteiger partial charge < -0.3 is 4.90 Å². The number of carbonyl (C=O) groups excluding carboxylic acids is 1. The molecule has 0 fully saturated rings. The first-order valence-corrected chi connectivity index (χ1v) is 7.91. The third-order valence-electron chi connectivity index (χ3n) is 4.36. The van der Waals surface area contributed by atoms with Crippen molar-refractivity contribution in [2.75, 3.05) is 11.4 Å². The van der Waals surface area contributed by atoms with E-state index < -0.39 is 5.54 Å². The molecular formula is C19H22N2O2. The van der Waals surface area contributed by atoms with Crippen molar-refractivity contribution >= 4 is 11.6 Å². The van der Waals surface area contributed by atoms with E-state index in [4.69, 9.17) is 4.84 Å². The van der Waals surface area contributed by atoms with Crippen molar-refractivity contribution < 1.29 is 9.63 Å². The Labute approximate surface area is 137 Å². The summed E-state index contributed by atoms with van der Waals surface area (Å²) < 4.78 is 0. The number of anilines is 1. The molecule has 0 bridgehead atoms. The van der Waals surface area contributed by atoms with Crippen molar-refractivity contribution in [2.24, 2.45) is 0 Å². The highest BCUT2D eigenvalue weighted by molar-refractivity contribution is 5.89. The summed E-state index contributed by atoms with van der Waals surface area (Å²) in [6.07, 6.45) is 0.970. The highest BCUT2D eigenvalue weighted by Gasteiger charge is 2.38. The van der Waals surface area contributed by atoms with Crippen LogP contribution in [-0.4, -0.2) is 18.0 Å². The molecule has 1 heterocycles. The standard InChI is InChI=1S/C19H22N2O2/c1-19(2,21-13-12-16-10-6-7-11-17(16)21)18(22)20-23-14-15-8-4-3-5-9-15/h3-11H,12-14H2,1-2H3,(H,20,22). The van der Waals surface area contributed by atoms with E-state index in [0.717, 1.165) is 24.2 Å². The summed E-state index contributed by atoms with van der Waals surface area (Å²) in [5.74, 6) is -0.134. The lowest BCUT2D eigenvalue weighted by atomic mass is 10.0. The zero-order chi connectivity index (χ0) is 16.3. The highest BCUT2D eigenvalue weighted by atomic mass is 16.7. The van der Waals surface area contributed by atoms with E-state index in [1.165, 1.54) is 5.56 Å². The van der Waals surface area contributed by atoms with Crippen LogP contribution < -0.4 is 10.4 Å². The van der Waals surface area contributed by atoms with Crippen molar-refractivity contribution in [2.45, 2.75) is 32.4 Å². The molecule has 0 aliphatic carbocycles. The van der Waals surface area contributed by atoms with Crippen LogP contribution in [0.25, 0.3) is 0 Å². The first-order valence-electron chi connectivity index (χ1n) is 7.91. The second-order valence-electron chi connectivity index (χ2n) is 6.29. The van der Waals surface area contributed by atoms with Gasteiger partial charge >= 0.3 is 0 Å². The molecule has 0 spiro atoms. The lowest BCUT2D eigenvalue weighted by molar-refractivity contribution is -0.139. The van der Waals surface area contributed by atoms with Gasteiger partial charge in [0.15, 0.2) is 0 Å². The second kappa shape index (κ2) is 6.42. The zero-order valence-electron chi connectivity index (χ0n) is 13.6. The minimum Gasteiger partial charge on any atom is -0.357 e. The van der Waals surface area contributed by atoms with Gasteiger partial charge in [-0.3, -0.25) is 9.63 Å². The number of hydroxylamine groups is 1. The average molecular weight is 310 g/mol. The monoisotopic (exact) mass is 310 g/mol. The summed E-state index contributed by atoms with van der Waals surface area (Å²) in [6, 6.07) is 18.0. The van der Waals surface area contributed by atoms with Crippen LogP contribution in [0, 0.1) is 0 Å². The van der Waals surface area contributed by atoms with E-state index in [9.17, 15) is 4.79 Å². The first-order chi connectivity index (χ1) is 11.1. The zero-order valence-corrected chi connectivity index (χ0v) is 13.6. The minimum atomic E-state index is -0.663. The smallest absolute Gasteiger partial charge is 0.268 e. The molecule has 1 aliphatic rings. The average Bonchev–Trinajstić information content (AvgIpc) is 3.00. The molecule has 1 N–H and O–H groups in total. The van der Waals surface area contributed by atoms with Gasteiger partial charge in [-0.15, -0.1) is 0 Å². The molecule has 0 unspecified atom stereocenters. The summed E-state index contributed by atoms with van der Waals surface area (Å²) in [7, 11) is 0. The molecule has 0 saturated heterocycles. The van der Waals surface area contributed by atoms with E-state index in [2.05, 4.69) is 22.5 Å². The Morgan fingerprint density at radius 2 is 1.83 bits per heavy atom. The maximum Gasteiger partial charge on any atom is 0.268 e. The van der Waals surface area contributed by atoms with Crippen LogP contribution in [-0.2, 0) is 22.7 Å². The van der Waals surface area contributed by atoms with Crippen LogP contribution in [0.1, 0.15) is 25.0 Å². The number of carbonyl (C=O) groups is 1. The Hall–Kier alpha value is -2.33. The van der Waals surface area contributed by atoms with E-state index in [0.29, 0.717) is 6.61 Å². The summed E-state index contributed by atoms with van der Waals surface area (Å²) in [5.41, 5.74) is 5.39.